The van der Waals surface area contributed by atoms with E-state index in [0.29, 0.717) is 11.8 Å². The van der Waals surface area contributed by atoms with E-state index in [1.165, 1.54) is 19.3 Å². The van der Waals surface area contributed by atoms with Gasteiger partial charge in [-0.2, -0.15) is 0 Å². The van der Waals surface area contributed by atoms with Gasteiger partial charge in [0, 0.05) is 32.1 Å². The summed E-state index contributed by atoms with van der Waals surface area (Å²) in [6.07, 6.45) is 8.76. The Balaban J connectivity index is 1.48. The highest BCUT2D eigenvalue weighted by atomic mass is 32.2. The Hall–Kier alpha value is -0.710. The number of piperidine rings is 1. The van der Waals surface area contributed by atoms with E-state index in [9.17, 15) is 9.59 Å². The minimum Gasteiger partial charge on any atom is -0.342 e. The quantitative estimate of drug-likeness (QED) is 0.784. The number of carbonyl (C=O) groups excluding carboxylic acids is 2. The van der Waals surface area contributed by atoms with Crippen molar-refractivity contribution in [1.82, 2.24) is 9.80 Å². The summed E-state index contributed by atoms with van der Waals surface area (Å²) in [5.41, 5.74) is 0. The van der Waals surface area contributed by atoms with Crippen LogP contribution < -0.4 is 0 Å². The summed E-state index contributed by atoms with van der Waals surface area (Å²) in [5.74, 6) is 1.95. The van der Waals surface area contributed by atoms with Crippen LogP contribution in [0.3, 0.4) is 0 Å². The van der Waals surface area contributed by atoms with Gasteiger partial charge in [0.1, 0.15) is 0 Å². The van der Waals surface area contributed by atoms with Crippen molar-refractivity contribution in [2.75, 3.05) is 31.9 Å². The van der Waals surface area contributed by atoms with Gasteiger partial charge < -0.3 is 9.80 Å². The number of thioether (sulfide) groups is 1. The first-order valence-electron chi connectivity index (χ1n) is 8.95. The summed E-state index contributed by atoms with van der Waals surface area (Å²) in [4.78, 5) is 29.2. The van der Waals surface area contributed by atoms with Crippen molar-refractivity contribution in [2.45, 2.75) is 56.6 Å². The molecule has 0 N–H and O–H groups in total. The summed E-state index contributed by atoms with van der Waals surface area (Å²) in [6, 6.07) is 0. The monoisotopic (exact) mass is 324 g/mol. The summed E-state index contributed by atoms with van der Waals surface area (Å²) in [6.45, 7) is 3.44. The Morgan fingerprint density at radius 3 is 1.95 bits per heavy atom. The number of carbonyl (C=O) groups is 2. The minimum atomic E-state index is 0.151. The van der Waals surface area contributed by atoms with Crippen LogP contribution in [-0.2, 0) is 9.59 Å². The van der Waals surface area contributed by atoms with Gasteiger partial charge in [0.2, 0.25) is 11.8 Å². The molecule has 22 heavy (non-hydrogen) atoms. The zero-order chi connectivity index (χ0) is 15.4. The van der Waals surface area contributed by atoms with Crippen molar-refractivity contribution in [3.63, 3.8) is 0 Å². The molecule has 3 saturated heterocycles. The lowest BCUT2D eigenvalue weighted by Gasteiger charge is -2.35. The largest absolute Gasteiger partial charge is 0.342 e. The van der Waals surface area contributed by atoms with Crippen LogP contribution in [0.1, 0.15) is 51.4 Å². The summed E-state index contributed by atoms with van der Waals surface area (Å²) in [5, 5.41) is 0.192. The highest BCUT2D eigenvalue weighted by Crippen LogP contribution is 2.29. The Bertz CT molecular complexity index is 393. The van der Waals surface area contributed by atoms with E-state index < -0.39 is 0 Å². The zero-order valence-corrected chi connectivity index (χ0v) is 14.3. The molecule has 5 heteroatoms. The first kappa shape index (κ1) is 16.2. The zero-order valence-electron chi connectivity index (χ0n) is 13.5. The molecule has 3 aliphatic heterocycles. The second-order valence-corrected chi connectivity index (χ2v) is 8.15. The molecule has 0 unspecified atom stereocenters. The van der Waals surface area contributed by atoms with Crippen LogP contribution in [0.25, 0.3) is 0 Å². The number of amides is 2. The maximum absolute atomic E-state index is 12.7. The van der Waals surface area contributed by atoms with Gasteiger partial charge in [-0.25, -0.2) is 0 Å². The standard InChI is InChI=1S/C17H28N2O2S/c20-16(18-9-3-1-2-4-10-18)14-7-11-19(12-8-14)17(21)15-6-5-13-22-15/h14-15H,1-13H2/t15-/m0/s1. The van der Waals surface area contributed by atoms with E-state index in [2.05, 4.69) is 4.90 Å². The number of hydrogen-bond acceptors (Lipinski definition) is 3. The molecule has 0 saturated carbocycles. The fourth-order valence-electron chi connectivity index (χ4n) is 3.87. The van der Waals surface area contributed by atoms with E-state index >= 15 is 0 Å². The fourth-order valence-corrected chi connectivity index (χ4v) is 5.11. The van der Waals surface area contributed by atoms with Gasteiger partial charge in [0.05, 0.1) is 5.25 Å². The predicted molar refractivity (Wildman–Crippen MR) is 89.8 cm³/mol. The van der Waals surface area contributed by atoms with E-state index in [0.717, 1.165) is 64.0 Å². The summed E-state index contributed by atoms with van der Waals surface area (Å²) >= 11 is 1.81. The molecule has 0 spiro atoms. The van der Waals surface area contributed by atoms with Gasteiger partial charge >= 0.3 is 0 Å². The summed E-state index contributed by atoms with van der Waals surface area (Å²) in [7, 11) is 0. The Kier molecular flexibility index (Phi) is 5.66. The van der Waals surface area contributed by atoms with Crippen LogP contribution in [0.2, 0.25) is 0 Å². The average molecular weight is 324 g/mol. The SMILES string of the molecule is O=C(C1CCN(C(=O)[C@@H]2CCCS2)CC1)N1CCCCCC1. The highest BCUT2D eigenvalue weighted by molar-refractivity contribution is 8.00. The first-order chi connectivity index (χ1) is 10.8. The fraction of sp³-hybridized carbons (Fsp3) is 0.882. The molecule has 0 bridgehead atoms. The maximum Gasteiger partial charge on any atom is 0.235 e. The second kappa shape index (κ2) is 7.71. The molecule has 0 aromatic rings. The van der Waals surface area contributed by atoms with Gasteiger partial charge in [0.15, 0.2) is 0 Å². The summed E-state index contributed by atoms with van der Waals surface area (Å²) < 4.78 is 0. The third kappa shape index (κ3) is 3.79. The van der Waals surface area contributed by atoms with Gasteiger partial charge in [-0.3, -0.25) is 9.59 Å². The molecule has 0 aromatic heterocycles. The van der Waals surface area contributed by atoms with Crippen LogP contribution >= 0.6 is 11.8 Å². The predicted octanol–water partition coefficient (Wildman–Crippen LogP) is 2.52. The molecule has 3 rings (SSSR count). The Labute approximate surface area is 138 Å². The van der Waals surface area contributed by atoms with Crippen molar-refractivity contribution >= 4 is 23.6 Å². The molecule has 0 radical (unpaired) electrons. The van der Waals surface area contributed by atoms with Gasteiger partial charge in [-0.1, -0.05) is 12.8 Å². The number of rotatable bonds is 2. The third-order valence-electron chi connectivity index (χ3n) is 5.28. The molecule has 4 nitrogen and oxygen atoms in total. The van der Waals surface area contributed by atoms with E-state index in [-0.39, 0.29) is 11.2 Å². The van der Waals surface area contributed by atoms with Gasteiger partial charge in [0.25, 0.3) is 0 Å². The molecule has 3 heterocycles. The lowest BCUT2D eigenvalue weighted by Crippen LogP contribution is -2.46. The second-order valence-electron chi connectivity index (χ2n) is 6.84. The topological polar surface area (TPSA) is 40.6 Å². The van der Waals surface area contributed by atoms with Crippen molar-refractivity contribution < 1.29 is 9.59 Å². The smallest absolute Gasteiger partial charge is 0.235 e. The average Bonchev–Trinajstić information content (AvgIpc) is 2.96. The molecule has 0 aliphatic carbocycles. The molecule has 0 aromatic carbocycles. The van der Waals surface area contributed by atoms with Crippen LogP contribution in [0.15, 0.2) is 0 Å². The molecule has 3 aliphatic rings. The van der Waals surface area contributed by atoms with Gasteiger partial charge in [-0.15, -0.1) is 11.8 Å². The van der Waals surface area contributed by atoms with Gasteiger partial charge in [-0.05, 0) is 44.3 Å². The molecular formula is C17H28N2O2S. The maximum atomic E-state index is 12.7. The molecular weight excluding hydrogens is 296 g/mol. The van der Waals surface area contributed by atoms with Crippen LogP contribution in [-0.4, -0.2) is 58.8 Å². The van der Waals surface area contributed by atoms with Crippen LogP contribution in [0.4, 0.5) is 0 Å². The van der Waals surface area contributed by atoms with Crippen LogP contribution in [0, 0.1) is 5.92 Å². The molecule has 124 valence electrons. The number of likely N-dealkylation sites (tertiary alicyclic amines) is 2. The van der Waals surface area contributed by atoms with E-state index in [4.69, 9.17) is 0 Å². The lowest BCUT2D eigenvalue weighted by molar-refractivity contribution is -0.140. The number of nitrogens with zero attached hydrogens (tertiary/aromatic N) is 2. The van der Waals surface area contributed by atoms with Crippen molar-refractivity contribution in [3.8, 4) is 0 Å². The molecule has 2 amide bonds. The normalized spacial score (nSPS) is 27.7. The van der Waals surface area contributed by atoms with Crippen LogP contribution in [0.5, 0.6) is 0 Å². The minimum absolute atomic E-state index is 0.151. The third-order valence-corrected chi connectivity index (χ3v) is 6.64. The highest BCUT2D eigenvalue weighted by Gasteiger charge is 2.33. The van der Waals surface area contributed by atoms with E-state index in [1.807, 2.05) is 16.7 Å². The van der Waals surface area contributed by atoms with E-state index in [1.54, 1.807) is 0 Å². The number of hydrogen-bond donors (Lipinski definition) is 0. The van der Waals surface area contributed by atoms with Crippen molar-refractivity contribution in [2.24, 2.45) is 5.92 Å². The molecule has 1 atom stereocenters. The Morgan fingerprint density at radius 2 is 1.36 bits per heavy atom. The van der Waals surface area contributed by atoms with Crippen molar-refractivity contribution in [1.29, 1.82) is 0 Å². The lowest BCUT2D eigenvalue weighted by atomic mass is 9.94. The Morgan fingerprint density at radius 1 is 0.727 bits per heavy atom. The first-order valence-corrected chi connectivity index (χ1v) is 10.00. The molecule has 3 fully saturated rings. The van der Waals surface area contributed by atoms with Crippen molar-refractivity contribution in [3.05, 3.63) is 0 Å².